The molecule has 7 heteroatoms. The van der Waals surface area contributed by atoms with Crippen molar-refractivity contribution in [1.29, 1.82) is 0 Å². The highest BCUT2D eigenvalue weighted by Gasteiger charge is 2.14. The fourth-order valence-corrected chi connectivity index (χ4v) is 5.92. The Morgan fingerprint density at radius 1 is 1.29 bits per heavy atom. The Morgan fingerprint density at radius 3 is 2.62 bits per heavy atom. The van der Waals surface area contributed by atoms with E-state index in [1.54, 1.807) is 34.9 Å². The Kier molecular flexibility index (Phi) is 10.5. The SMILES string of the molecule is C=CC(=O)SC(CCC)CSc1nnc(SCCCC)s1. The summed E-state index contributed by atoms with van der Waals surface area (Å²) in [4.78, 5) is 11.5. The molecule has 0 aromatic carbocycles. The lowest BCUT2D eigenvalue weighted by molar-refractivity contribution is -0.107. The molecule has 1 unspecified atom stereocenters. The summed E-state index contributed by atoms with van der Waals surface area (Å²) in [6.45, 7) is 7.87. The predicted octanol–water partition coefficient (Wildman–Crippen LogP) is 5.14. The van der Waals surface area contributed by atoms with E-state index in [-0.39, 0.29) is 5.12 Å². The number of carbonyl (C=O) groups is 1. The molecule has 1 atom stereocenters. The van der Waals surface area contributed by atoms with Gasteiger partial charge in [-0.05, 0) is 18.9 Å². The summed E-state index contributed by atoms with van der Waals surface area (Å²) in [6, 6.07) is 0. The summed E-state index contributed by atoms with van der Waals surface area (Å²) >= 11 is 6.53. The number of nitrogens with zero attached hydrogens (tertiary/aromatic N) is 2. The third-order valence-electron chi connectivity index (χ3n) is 2.56. The molecule has 0 fully saturated rings. The molecule has 1 heterocycles. The van der Waals surface area contributed by atoms with Gasteiger partial charge in [0.15, 0.2) is 8.68 Å². The fraction of sp³-hybridized carbons (Fsp3) is 0.643. The molecule has 118 valence electrons. The first-order valence-electron chi connectivity index (χ1n) is 7.11. The Hall–Kier alpha value is 0.0200. The minimum absolute atomic E-state index is 0.0575. The number of hydrogen-bond donors (Lipinski definition) is 0. The van der Waals surface area contributed by atoms with Gasteiger partial charge in [0, 0.05) is 16.8 Å². The first kappa shape index (κ1) is 19.1. The summed E-state index contributed by atoms with van der Waals surface area (Å²) in [5.74, 6) is 2.00. The van der Waals surface area contributed by atoms with Crippen LogP contribution >= 0.6 is 46.6 Å². The lowest BCUT2D eigenvalue weighted by Crippen LogP contribution is -2.08. The van der Waals surface area contributed by atoms with Gasteiger partial charge in [0.1, 0.15) is 0 Å². The van der Waals surface area contributed by atoms with Crippen molar-refractivity contribution < 1.29 is 4.79 Å². The maximum atomic E-state index is 11.5. The standard InChI is InChI=1S/C14H22N2OS4/c1-4-7-9-18-13-15-16-14(21-13)19-10-11(8-5-2)20-12(17)6-3/h6,11H,3-5,7-10H2,1-2H3. The van der Waals surface area contributed by atoms with E-state index in [0.29, 0.717) is 5.25 Å². The quantitative estimate of drug-likeness (QED) is 0.308. The van der Waals surface area contributed by atoms with Crippen molar-refractivity contribution in [3.63, 3.8) is 0 Å². The second-order valence-electron chi connectivity index (χ2n) is 4.40. The second-order valence-corrected chi connectivity index (χ2v) is 9.29. The minimum Gasteiger partial charge on any atom is -0.282 e. The van der Waals surface area contributed by atoms with E-state index < -0.39 is 0 Å². The van der Waals surface area contributed by atoms with Crippen LogP contribution in [0.2, 0.25) is 0 Å². The fourth-order valence-electron chi connectivity index (χ4n) is 1.49. The molecule has 0 radical (unpaired) electrons. The number of thioether (sulfide) groups is 3. The normalized spacial score (nSPS) is 12.3. The summed E-state index contributed by atoms with van der Waals surface area (Å²) in [7, 11) is 0. The van der Waals surface area contributed by atoms with E-state index in [1.807, 2.05) is 0 Å². The van der Waals surface area contributed by atoms with Gasteiger partial charge in [-0.25, -0.2) is 0 Å². The van der Waals surface area contributed by atoms with Gasteiger partial charge < -0.3 is 0 Å². The third kappa shape index (κ3) is 8.28. The van der Waals surface area contributed by atoms with Crippen LogP contribution in [0.3, 0.4) is 0 Å². The van der Waals surface area contributed by atoms with E-state index in [9.17, 15) is 4.79 Å². The van der Waals surface area contributed by atoms with Crippen molar-refractivity contribution in [1.82, 2.24) is 10.2 Å². The molecule has 1 aromatic heterocycles. The molecule has 1 rings (SSSR count). The van der Waals surface area contributed by atoms with Crippen molar-refractivity contribution in [2.24, 2.45) is 0 Å². The third-order valence-corrected chi connectivity index (χ3v) is 7.35. The summed E-state index contributed by atoms with van der Waals surface area (Å²) in [6.07, 6.45) is 5.93. The number of rotatable bonds is 11. The lowest BCUT2D eigenvalue weighted by Gasteiger charge is -2.11. The van der Waals surface area contributed by atoms with Crippen molar-refractivity contribution in [3.05, 3.63) is 12.7 Å². The van der Waals surface area contributed by atoms with Crippen LogP contribution in [-0.2, 0) is 4.79 Å². The number of hydrogen-bond acceptors (Lipinski definition) is 7. The Morgan fingerprint density at radius 2 is 2.00 bits per heavy atom. The van der Waals surface area contributed by atoms with E-state index in [0.717, 1.165) is 33.0 Å². The zero-order chi connectivity index (χ0) is 15.5. The first-order valence-corrected chi connectivity index (χ1v) is 10.8. The van der Waals surface area contributed by atoms with Crippen LogP contribution in [0.5, 0.6) is 0 Å². The van der Waals surface area contributed by atoms with Crippen LogP contribution in [0.4, 0.5) is 0 Å². The largest absolute Gasteiger partial charge is 0.282 e. The molecule has 0 saturated carbocycles. The summed E-state index contributed by atoms with van der Waals surface area (Å²) < 4.78 is 2.05. The van der Waals surface area contributed by atoms with Gasteiger partial charge >= 0.3 is 0 Å². The molecule has 0 spiro atoms. The summed E-state index contributed by atoms with van der Waals surface area (Å²) in [5.41, 5.74) is 0. The molecule has 21 heavy (non-hydrogen) atoms. The average molecular weight is 363 g/mol. The van der Waals surface area contributed by atoms with Crippen LogP contribution in [0.1, 0.15) is 39.5 Å². The van der Waals surface area contributed by atoms with Crippen LogP contribution in [0, 0.1) is 0 Å². The molecule has 0 aliphatic rings. The minimum atomic E-state index is 0.0575. The van der Waals surface area contributed by atoms with Crippen LogP contribution in [0.15, 0.2) is 21.3 Å². The highest BCUT2D eigenvalue weighted by atomic mass is 32.2. The molecule has 1 aromatic rings. The van der Waals surface area contributed by atoms with Crippen LogP contribution in [0.25, 0.3) is 0 Å². The zero-order valence-corrected chi connectivity index (χ0v) is 15.8. The second kappa shape index (κ2) is 11.6. The van der Waals surface area contributed by atoms with Crippen molar-refractivity contribution in [2.75, 3.05) is 11.5 Å². The molecule has 0 aliphatic heterocycles. The van der Waals surface area contributed by atoms with Gasteiger partial charge in [-0.3, -0.25) is 4.79 Å². The van der Waals surface area contributed by atoms with Gasteiger partial charge in [0.25, 0.3) is 0 Å². The molecule has 0 saturated heterocycles. The van der Waals surface area contributed by atoms with E-state index >= 15 is 0 Å². The van der Waals surface area contributed by atoms with Gasteiger partial charge in [0.2, 0.25) is 5.12 Å². The molecule has 0 amide bonds. The van der Waals surface area contributed by atoms with Gasteiger partial charge in [-0.15, -0.1) is 10.2 Å². The van der Waals surface area contributed by atoms with Crippen molar-refractivity contribution in [2.45, 2.75) is 53.5 Å². The van der Waals surface area contributed by atoms with E-state index in [4.69, 9.17) is 0 Å². The monoisotopic (exact) mass is 362 g/mol. The lowest BCUT2D eigenvalue weighted by atomic mass is 10.3. The predicted molar refractivity (Wildman–Crippen MR) is 97.8 cm³/mol. The Labute approximate surface area is 144 Å². The topological polar surface area (TPSA) is 42.9 Å². The molecular weight excluding hydrogens is 340 g/mol. The molecule has 0 N–H and O–H groups in total. The highest BCUT2D eigenvalue weighted by Crippen LogP contribution is 2.32. The van der Waals surface area contributed by atoms with Crippen molar-refractivity contribution >= 4 is 51.7 Å². The highest BCUT2D eigenvalue weighted by molar-refractivity contribution is 8.15. The Balaban J connectivity index is 2.40. The number of aromatic nitrogens is 2. The zero-order valence-electron chi connectivity index (χ0n) is 12.5. The van der Waals surface area contributed by atoms with Gasteiger partial charge in [-0.2, -0.15) is 0 Å². The van der Waals surface area contributed by atoms with Crippen molar-refractivity contribution in [3.8, 4) is 0 Å². The Bertz CT molecular complexity index is 436. The van der Waals surface area contributed by atoms with Gasteiger partial charge in [0.05, 0.1) is 0 Å². The number of unbranched alkanes of at least 4 members (excludes halogenated alkanes) is 1. The van der Waals surface area contributed by atoms with E-state index in [1.165, 1.54) is 30.7 Å². The van der Waals surface area contributed by atoms with Crippen LogP contribution in [-0.4, -0.2) is 32.1 Å². The maximum absolute atomic E-state index is 11.5. The van der Waals surface area contributed by atoms with Gasteiger partial charge in [-0.1, -0.05) is 79.9 Å². The smallest absolute Gasteiger partial charge is 0.211 e. The average Bonchev–Trinajstić information content (AvgIpc) is 2.93. The number of carbonyl (C=O) groups excluding carboxylic acids is 1. The molecule has 3 nitrogen and oxygen atoms in total. The first-order chi connectivity index (χ1) is 10.2. The maximum Gasteiger partial charge on any atom is 0.211 e. The van der Waals surface area contributed by atoms with E-state index in [2.05, 4.69) is 30.6 Å². The molecule has 0 aliphatic carbocycles. The van der Waals surface area contributed by atoms with Crippen LogP contribution < -0.4 is 0 Å². The summed E-state index contributed by atoms with van der Waals surface area (Å²) in [5, 5.41) is 8.81. The molecule has 0 bridgehead atoms. The molecular formula is C14H22N2OS4.